The number of rotatable bonds is 7. The lowest BCUT2D eigenvalue weighted by Gasteiger charge is -2.32. The Balaban J connectivity index is 0.00000304. The smallest absolute Gasteiger partial charge is 0.263 e. The fourth-order valence-corrected chi connectivity index (χ4v) is 4.70. The standard InChI is InChI=1S/C24H26ClFN6O3.ClH/c1-34-24-18(26)10-19-22(31-24)16(17(25)12-28-19)6-9-32-7-4-14(5-8-32)27-11-15-2-3-20-23(29-15)30-21(33)13-35-20;/h2-3,10,12,14,27H,4-9,11,13H2,1H3,(H,29,30,33);1H. The Morgan fingerprint density at radius 3 is 2.89 bits per heavy atom. The maximum Gasteiger partial charge on any atom is 0.263 e. The fraction of sp³-hybridized carbons (Fsp3) is 0.417. The van der Waals surface area contributed by atoms with Crippen LogP contribution in [0.5, 0.6) is 11.6 Å². The number of carbonyl (C=O) groups excluding carboxylic acids is 1. The maximum absolute atomic E-state index is 14.0. The molecule has 0 unspecified atom stereocenters. The van der Waals surface area contributed by atoms with Crippen molar-refractivity contribution < 1.29 is 18.7 Å². The van der Waals surface area contributed by atoms with Gasteiger partial charge in [0.15, 0.2) is 24.0 Å². The van der Waals surface area contributed by atoms with Crippen LogP contribution in [0.15, 0.2) is 24.4 Å². The lowest BCUT2D eigenvalue weighted by atomic mass is 10.0. The van der Waals surface area contributed by atoms with Crippen molar-refractivity contribution in [2.24, 2.45) is 0 Å². The number of nitrogens with zero attached hydrogens (tertiary/aromatic N) is 4. The predicted molar refractivity (Wildman–Crippen MR) is 137 cm³/mol. The van der Waals surface area contributed by atoms with Crippen LogP contribution in [-0.4, -0.2) is 65.2 Å². The van der Waals surface area contributed by atoms with Crippen molar-refractivity contribution in [3.63, 3.8) is 0 Å². The number of pyridine rings is 3. The molecular formula is C24H27Cl2FN6O3. The van der Waals surface area contributed by atoms with Crippen LogP contribution in [0.2, 0.25) is 5.02 Å². The van der Waals surface area contributed by atoms with E-state index in [1.807, 2.05) is 12.1 Å². The second-order valence-corrected chi connectivity index (χ2v) is 9.07. The number of ether oxygens (including phenoxy) is 2. The van der Waals surface area contributed by atoms with Crippen LogP contribution in [0.4, 0.5) is 10.2 Å². The zero-order valence-electron chi connectivity index (χ0n) is 19.7. The molecule has 5 heterocycles. The van der Waals surface area contributed by atoms with Crippen LogP contribution in [0.25, 0.3) is 11.0 Å². The fourth-order valence-electron chi connectivity index (χ4n) is 4.46. The first-order chi connectivity index (χ1) is 17.0. The van der Waals surface area contributed by atoms with E-state index in [-0.39, 0.29) is 30.8 Å². The molecule has 1 saturated heterocycles. The number of hydrogen-bond acceptors (Lipinski definition) is 8. The van der Waals surface area contributed by atoms with Crippen molar-refractivity contribution in [1.82, 2.24) is 25.2 Å². The molecule has 2 N–H and O–H groups in total. The molecule has 12 heteroatoms. The number of methoxy groups -OCH3 is 1. The zero-order valence-corrected chi connectivity index (χ0v) is 21.3. The monoisotopic (exact) mass is 536 g/mol. The van der Waals surface area contributed by atoms with E-state index in [4.69, 9.17) is 21.1 Å². The van der Waals surface area contributed by atoms with Crippen molar-refractivity contribution in [1.29, 1.82) is 0 Å². The van der Waals surface area contributed by atoms with Crippen molar-refractivity contribution >= 4 is 46.8 Å². The Morgan fingerprint density at radius 1 is 1.31 bits per heavy atom. The lowest BCUT2D eigenvalue weighted by molar-refractivity contribution is -0.118. The van der Waals surface area contributed by atoms with Crippen LogP contribution in [0.3, 0.4) is 0 Å². The highest BCUT2D eigenvalue weighted by Crippen LogP contribution is 2.28. The Bertz CT molecular complexity index is 1260. The largest absolute Gasteiger partial charge is 0.480 e. The van der Waals surface area contributed by atoms with E-state index in [0.717, 1.165) is 43.7 Å². The van der Waals surface area contributed by atoms with Gasteiger partial charge in [0.2, 0.25) is 0 Å². The highest BCUT2D eigenvalue weighted by Gasteiger charge is 2.21. The van der Waals surface area contributed by atoms with Gasteiger partial charge >= 0.3 is 0 Å². The van der Waals surface area contributed by atoms with Crippen LogP contribution < -0.4 is 20.1 Å². The second-order valence-electron chi connectivity index (χ2n) is 8.66. The molecule has 2 aliphatic rings. The molecule has 3 aromatic rings. The Morgan fingerprint density at radius 2 is 2.11 bits per heavy atom. The number of aromatic nitrogens is 3. The van der Waals surface area contributed by atoms with Crippen molar-refractivity contribution in [3.8, 4) is 11.6 Å². The average Bonchev–Trinajstić information content (AvgIpc) is 2.87. The van der Waals surface area contributed by atoms with Gasteiger partial charge in [-0.1, -0.05) is 11.6 Å². The van der Waals surface area contributed by atoms with Crippen molar-refractivity contribution in [2.75, 3.05) is 38.7 Å². The molecule has 0 bridgehead atoms. The van der Waals surface area contributed by atoms with Crippen LogP contribution in [0.1, 0.15) is 24.1 Å². The van der Waals surface area contributed by atoms with Gasteiger partial charge in [-0.3, -0.25) is 9.78 Å². The molecule has 192 valence electrons. The van der Waals surface area contributed by atoms with E-state index in [2.05, 4.69) is 30.5 Å². The number of piperidine rings is 1. The van der Waals surface area contributed by atoms with Gasteiger partial charge in [0, 0.05) is 37.0 Å². The number of hydrogen-bond donors (Lipinski definition) is 2. The second kappa shape index (κ2) is 11.5. The molecule has 5 rings (SSSR count). The highest BCUT2D eigenvalue weighted by molar-refractivity contribution is 6.32. The Kier molecular flexibility index (Phi) is 8.40. The highest BCUT2D eigenvalue weighted by atomic mass is 35.5. The quantitative estimate of drug-likeness (QED) is 0.473. The summed E-state index contributed by atoms with van der Waals surface area (Å²) in [6.07, 6.45) is 4.25. The van der Waals surface area contributed by atoms with Gasteiger partial charge in [0.1, 0.15) is 0 Å². The lowest BCUT2D eigenvalue weighted by Crippen LogP contribution is -2.43. The number of nitrogens with one attached hydrogen (secondary N) is 2. The number of amides is 1. The summed E-state index contributed by atoms with van der Waals surface area (Å²) in [6.45, 7) is 3.36. The maximum atomic E-state index is 14.0. The van der Waals surface area contributed by atoms with Crippen LogP contribution in [-0.2, 0) is 17.8 Å². The van der Waals surface area contributed by atoms with Gasteiger partial charge in [-0.05, 0) is 44.5 Å². The van der Waals surface area contributed by atoms with E-state index in [1.54, 1.807) is 6.20 Å². The average molecular weight is 537 g/mol. The molecule has 2 aliphatic heterocycles. The molecule has 0 atom stereocenters. The first kappa shape index (κ1) is 26.3. The van der Waals surface area contributed by atoms with E-state index in [1.165, 1.54) is 13.2 Å². The Labute approximate surface area is 219 Å². The molecule has 3 aromatic heterocycles. The molecular weight excluding hydrogens is 510 g/mol. The Hall–Kier alpha value is -2.79. The normalized spacial score (nSPS) is 16.1. The molecule has 1 amide bonds. The summed E-state index contributed by atoms with van der Waals surface area (Å²) < 4.78 is 24.4. The summed E-state index contributed by atoms with van der Waals surface area (Å²) in [5.41, 5.74) is 2.75. The summed E-state index contributed by atoms with van der Waals surface area (Å²) in [5, 5.41) is 6.84. The summed E-state index contributed by atoms with van der Waals surface area (Å²) in [6, 6.07) is 5.47. The summed E-state index contributed by atoms with van der Waals surface area (Å²) in [7, 11) is 1.39. The van der Waals surface area contributed by atoms with Crippen molar-refractivity contribution in [3.05, 3.63) is 46.5 Å². The van der Waals surface area contributed by atoms with Crippen LogP contribution >= 0.6 is 24.0 Å². The molecule has 36 heavy (non-hydrogen) atoms. The van der Waals surface area contributed by atoms with E-state index >= 15 is 0 Å². The van der Waals surface area contributed by atoms with E-state index in [9.17, 15) is 9.18 Å². The summed E-state index contributed by atoms with van der Waals surface area (Å²) in [5.74, 6) is 0.290. The first-order valence-electron chi connectivity index (χ1n) is 11.6. The molecule has 9 nitrogen and oxygen atoms in total. The van der Waals surface area contributed by atoms with Crippen LogP contribution in [0, 0.1) is 5.82 Å². The number of halogens is 3. The molecule has 0 spiro atoms. The predicted octanol–water partition coefficient (Wildman–Crippen LogP) is 3.38. The summed E-state index contributed by atoms with van der Waals surface area (Å²) in [4.78, 5) is 26.9. The van der Waals surface area contributed by atoms with E-state index in [0.29, 0.717) is 46.6 Å². The molecule has 0 saturated carbocycles. The number of carbonyl (C=O) groups is 1. The minimum atomic E-state index is -0.543. The molecule has 1 fully saturated rings. The van der Waals surface area contributed by atoms with Crippen molar-refractivity contribution in [2.45, 2.75) is 31.8 Å². The number of anilines is 1. The number of fused-ring (bicyclic) bond motifs is 2. The first-order valence-corrected chi connectivity index (χ1v) is 11.9. The topological polar surface area (TPSA) is 102 Å². The van der Waals surface area contributed by atoms with E-state index < -0.39 is 5.82 Å². The van der Waals surface area contributed by atoms with Gasteiger partial charge in [-0.25, -0.2) is 14.4 Å². The molecule has 0 aromatic carbocycles. The minimum absolute atomic E-state index is 0. The third kappa shape index (κ3) is 5.78. The van der Waals surface area contributed by atoms with Gasteiger partial charge in [0.05, 0.1) is 28.9 Å². The van der Waals surface area contributed by atoms with Gasteiger partial charge in [-0.2, -0.15) is 0 Å². The van der Waals surface area contributed by atoms with Gasteiger partial charge < -0.3 is 25.0 Å². The zero-order chi connectivity index (χ0) is 24.4. The molecule has 0 aliphatic carbocycles. The minimum Gasteiger partial charge on any atom is -0.480 e. The van der Waals surface area contributed by atoms with Gasteiger partial charge in [0.25, 0.3) is 11.8 Å². The van der Waals surface area contributed by atoms with Gasteiger partial charge in [-0.15, -0.1) is 12.4 Å². The molecule has 0 radical (unpaired) electrons. The number of likely N-dealkylation sites (tertiary alicyclic amines) is 1. The third-order valence-corrected chi connectivity index (χ3v) is 6.70. The SMILES string of the molecule is COc1nc2c(CCN3CCC(NCc4ccc5c(n4)NC(=O)CO5)CC3)c(Cl)cnc2cc1F.Cl. The third-order valence-electron chi connectivity index (χ3n) is 6.38. The summed E-state index contributed by atoms with van der Waals surface area (Å²) >= 11 is 6.43.